The molecule has 44 heavy (non-hydrogen) atoms. The molecule has 2 N–H and O–H groups in total. The number of β-amino-alcohol motifs (C(OH)–C–C–N with tert-alkyl or cyclic N) is 1. The average molecular weight is 601 g/mol. The fourth-order valence-corrected chi connectivity index (χ4v) is 7.34. The van der Waals surface area contributed by atoms with Crippen LogP contribution in [0.4, 0.5) is 11.6 Å². The molecule has 11 nitrogen and oxygen atoms in total. The van der Waals surface area contributed by atoms with Gasteiger partial charge in [0.2, 0.25) is 0 Å². The van der Waals surface area contributed by atoms with Gasteiger partial charge in [-0.1, -0.05) is 24.3 Å². The van der Waals surface area contributed by atoms with E-state index < -0.39 is 6.10 Å². The molecule has 3 fully saturated rings. The lowest BCUT2D eigenvalue weighted by Gasteiger charge is -2.43. The summed E-state index contributed by atoms with van der Waals surface area (Å²) in [6.07, 6.45) is 9.27. The van der Waals surface area contributed by atoms with E-state index in [1.165, 1.54) is 11.1 Å². The fourth-order valence-electron chi connectivity index (χ4n) is 7.34. The number of carbonyl (C=O) groups is 1. The molecule has 3 aliphatic heterocycles. The molecule has 3 aromatic rings. The summed E-state index contributed by atoms with van der Waals surface area (Å²) in [6, 6.07) is 12.9. The van der Waals surface area contributed by atoms with E-state index in [0.717, 1.165) is 83.4 Å². The summed E-state index contributed by atoms with van der Waals surface area (Å²) in [5.74, 6) is 1.44. The van der Waals surface area contributed by atoms with Crippen LogP contribution in [0.1, 0.15) is 66.6 Å². The van der Waals surface area contributed by atoms with Gasteiger partial charge in [0, 0.05) is 76.7 Å². The van der Waals surface area contributed by atoms with E-state index in [2.05, 4.69) is 49.5 Å². The van der Waals surface area contributed by atoms with Crippen molar-refractivity contribution in [2.24, 2.45) is 7.05 Å². The maximum Gasteiger partial charge on any atom is 0.319 e. The van der Waals surface area contributed by atoms with Crippen molar-refractivity contribution >= 4 is 17.5 Å². The second-order valence-corrected chi connectivity index (χ2v) is 12.9. The number of aliphatic hydroxyl groups excluding tert-OH is 1. The molecule has 7 rings (SSSR count). The molecule has 1 aromatic carbocycles. The molecule has 1 saturated carbocycles. The van der Waals surface area contributed by atoms with Crippen molar-refractivity contribution in [1.82, 2.24) is 29.5 Å². The van der Waals surface area contributed by atoms with E-state index in [4.69, 9.17) is 9.72 Å². The number of nitrogens with one attached hydrogen (secondary N) is 1. The first kappa shape index (κ1) is 29.0. The van der Waals surface area contributed by atoms with E-state index in [-0.39, 0.29) is 30.1 Å². The maximum absolute atomic E-state index is 13.8. The van der Waals surface area contributed by atoms with Gasteiger partial charge < -0.3 is 25.0 Å². The number of aryl methyl sites for hydroxylation is 1. The quantitative estimate of drug-likeness (QED) is 0.422. The van der Waals surface area contributed by atoms with Crippen molar-refractivity contribution in [3.8, 4) is 6.01 Å². The molecule has 4 aliphatic rings. The number of likely N-dealkylation sites (tertiary alicyclic amines) is 1. The monoisotopic (exact) mass is 600 g/mol. The van der Waals surface area contributed by atoms with Crippen LogP contribution in [0.2, 0.25) is 0 Å². The molecule has 1 amide bonds. The van der Waals surface area contributed by atoms with Gasteiger partial charge in [-0.3, -0.25) is 14.4 Å². The molecule has 0 unspecified atom stereocenters. The molecule has 234 valence electrons. The van der Waals surface area contributed by atoms with Crippen LogP contribution in [0.25, 0.3) is 0 Å². The maximum atomic E-state index is 13.8. The van der Waals surface area contributed by atoms with Gasteiger partial charge in [-0.15, -0.1) is 0 Å². The predicted octanol–water partition coefficient (Wildman–Crippen LogP) is 3.25. The Bertz CT molecular complexity index is 1450. The largest absolute Gasteiger partial charge is 0.460 e. The number of hydrogen-bond acceptors (Lipinski definition) is 9. The summed E-state index contributed by atoms with van der Waals surface area (Å²) in [6.45, 7) is 4.43. The molecule has 0 bridgehead atoms. The molecular weight excluding hydrogens is 556 g/mol. The number of aliphatic hydroxyl groups is 1. The molecule has 5 heterocycles. The van der Waals surface area contributed by atoms with Crippen molar-refractivity contribution in [2.45, 2.75) is 82.2 Å². The minimum Gasteiger partial charge on any atom is -0.460 e. The van der Waals surface area contributed by atoms with Crippen molar-refractivity contribution in [3.05, 3.63) is 59.4 Å². The summed E-state index contributed by atoms with van der Waals surface area (Å²) < 4.78 is 8.03. The van der Waals surface area contributed by atoms with Crippen molar-refractivity contribution < 1.29 is 14.6 Å². The first-order valence-electron chi connectivity index (χ1n) is 16.3. The zero-order valence-corrected chi connectivity index (χ0v) is 25.6. The third-order valence-corrected chi connectivity index (χ3v) is 9.83. The van der Waals surface area contributed by atoms with Crippen LogP contribution in [0.3, 0.4) is 0 Å². The van der Waals surface area contributed by atoms with Gasteiger partial charge in [-0.2, -0.15) is 15.1 Å². The third-order valence-electron chi connectivity index (χ3n) is 9.83. The second kappa shape index (κ2) is 12.7. The fraction of sp³-hybridized carbons (Fsp3) is 0.576. The molecule has 11 heteroatoms. The highest BCUT2D eigenvalue weighted by Crippen LogP contribution is 2.28. The number of amides is 1. The van der Waals surface area contributed by atoms with Gasteiger partial charge >= 0.3 is 6.01 Å². The summed E-state index contributed by atoms with van der Waals surface area (Å²) >= 11 is 0. The normalized spacial score (nSPS) is 23.5. The molecular formula is C33H44N8O3. The summed E-state index contributed by atoms with van der Waals surface area (Å²) in [5, 5.41) is 19.4. The van der Waals surface area contributed by atoms with Crippen LogP contribution in [0, 0.1) is 0 Å². The summed E-state index contributed by atoms with van der Waals surface area (Å²) in [4.78, 5) is 29.6. The zero-order chi connectivity index (χ0) is 30.0. The van der Waals surface area contributed by atoms with Crippen LogP contribution in [0.5, 0.6) is 6.01 Å². The van der Waals surface area contributed by atoms with Gasteiger partial charge in [-0.05, 0) is 62.5 Å². The zero-order valence-electron chi connectivity index (χ0n) is 25.6. The number of hydrogen-bond donors (Lipinski definition) is 2. The van der Waals surface area contributed by atoms with Crippen LogP contribution in [0.15, 0.2) is 42.6 Å². The van der Waals surface area contributed by atoms with E-state index >= 15 is 0 Å². The van der Waals surface area contributed by atoms with Crippen LogP contribution >= 0.6 is 0 Å². The highest BCUT2D eigenvalue weighted by atomic mass is 16.5. The Kier molecular flexibility index (Phi) is 8.40. The molecule has 1 aliphatic carbocycles. The predicted molar refractivity (Wildman–Crippen MR) is 168 cm³/mol. The second-order valence-electron chi connectivity index (χ2n) is 12.9. The lowest BCUT2D eigenvalue weighted by molar-refractivity contribution is -0.0139. The van der Waals surface area contributed by atoms with Gasteiger partial charge in [0.1, 0.15) is 17.6 Å². The topological polar surface area (TPSA) is 112 Å². The SMILES string of the molecule is Cn1ccc(N2CCC(Nc3cc(C(=O)N4CC[C@@H](N5CCc6ccccc6C5)[C@H](O)C4)nc(OC4CCCC4)n3)CC2)n1. The van der Waals surface area contributed by atoms with Crippen molar-refractivity contribution in [1.29, 1.82) is 0 Å². The number of ether oxygens (including phenoxy) is 1. The molecule has 0 spiro atoms. The van der Waals surface area contributed by atoms with E-state index in [1.54, 1.807) is 11.0 Å². The lowest BCUT2D eigenvalue weighted by Crippen LogP contribution is -2.56. The number of benzene rings is 1. The summed E-state index contributed by atoms with van der Waals surface area (Å²) in [7, 11) is 1.94. The summed E-state index contributed by atoms with van der Waals surface area (Å²) in [5.41, 5.74) is 3.05. The standard InChI is InChI=1S/C33H44N8O3/c1-38-15-14-31(37-38)39-17-11-25(12-18-39)34-30-20-27(35-33(36-30)44-26-8-4-5-9-26)32(43)41-19-13-28(29(42)22-41)40-16-10-23-6-2-3-7-24(23)21-40/h2-3,6-7,14-15,20,25-26,28-29,42H,4-5,8-13,16-19,21-22H2,1H3,(H,34,35,36)/t28-,29-/m1/s1. The molecule has 2 aromatic heterocycles. The number of anilines is 2. The molecule has 2 saturated heterocycles. The molecule has 2 atom stereocenters. The van der Waals surface area contributed by atoms with Gasteiger partial charge in [-0.25, -0.2) is 0 Å². The molecule has 0 radical (unpaired) electrons. The average Bonchev–Trinajstić information content (AvgIpc) is 3.72. The van der Waals surface area contributed by atoms with E-state index in [1.807, 2.05) is 24.0 Å². The number of piperidine rings is 2. The smallest absolute Gasteiger partial charge is 0.319 e. The van der Waals surface area contributed by atoms with Gasteiger partial charge in [0.25, 0.3) is 5.91 Å². The van der Waals surface area contributed by atoms with Crippen LogP contribution in [-0.2, 0) is 20.0 Å². The van der Waals surface area contributed by atoms with Gasteiger partial charge in [0.15, 0.2) is 5.82 Å². The van der Waals surface area contributed by atoms with Crippen molar-refractivity contribution in [2.75, 3.05) is 42.9 Å². The minimum absolute atomic E-state index is 0.0354. The highest BCUT2D eigenvalue weighted by molar-refractivity contribution is 5.93. The van der Waals surface area contributed by atoms with E-state index in [9.17, 15) is 9.90 Å². The first-order valence-corrected chi connectivity index (χ1v) is 16.3. The van der Waals surface area contributed by atoms with Crippen LogP contribution in [-0.4, -0.2) is 97.6 Å². The highest BCUT2D eigenvalue weighted by Gasteiger charge is 2.36. The Hall–Kier alpha value is -3.70. The Balaban J connectivity index is 1.02. The third kappa shape index (κ3) is 6.39. The number of aromatic nitrogens is 4. The lowest BCUT2D eigenvalue weighted by atomic mass is 9.94. The Labute approximate surface area is 259 Å². The number of rotatable bonds is 7. The van der Waals surface area contributed by atoms with Crippen LogP contribution < -0.4 is 15.0 Å². The Morgan fingerprint density at radius 2 is 1.77 bits per heavy atom. The van der Waals surface area contributed by atoms with Crippen molar-refractivity contribution in [3.63, 3.8) is 0 Å². The Morgan fingerprint density at radius 1 is 0.977 bits per heavy atom. The van der Waals surface area contributed by atoms with Gasteiger partial charge in [0.05, 0.1) is 6.10 Å². The number of fused-ring (bicyclic) bond motifs is 1. The Morgan fingerprint density at radius 3 is 2.52 bits per heavy atom. The number of carbonyl (C=O) groups excluding carboxylic acids is 1. The first-order chi connectivity index (χ1) is 21.5. The minimum atomic E-state index is -0.615. The van der Waals surface area contributed by atoms with E-state index in [0.29, 0.717) is 24.6 Å². The number of nitrogens with zero attached hydrogens (tertiary/aromatic N) is 7.